The van der Waals surface area contributed by atoms with Crippen LogP contribution in [-0.2, 0) is 32.1 Å². The maximum atomic E-state index is 12.6. The maximum absolute atomic E-state index is 12.6. The summed E-state index contributed by atoms with van der Waals surface area (Å²) in [5, 5.41) is 11.4. The number of esters is 1. The standard InChI is InChI=1S/C14H19N5O4/c1-9(20)6-14(13(22)23-2)7-18(8-14)12(21)10-3-4-19-11(5-10)15-16-17-19/h10H,3-8H2,1-2H3. The third-order valence-electron chi connectivity index (χ3n) is 4.58. The first kappa shape index (κ1) is 15.6. The lowest BCUT2D eigenvalue weighted by Gasteiger charge is -2.48. The van der Waals surface area contributed by atoms with Crippen molar-refractivity contribution in [3.05, 3.63) is 5.82 Å². The molecule has 3 rings (SSSR count). The molecule has 23 heavy (non-hydrogen) atoms. The SMILES string of the molecule is COC(=O)C1(CC(C)=O)CN(C(=O)C2CCn3nnnc3C2)C1. The Morgan fingerprint density at radius 2 is 2.09 bits per heavy atom. The van der Waals surface area contributed by atoms with E-state index in [1.165, 1.54) is 14.0 Å². The van der Waals surface area contributed by atoms with Gasteiger partial charge in [-0.3, -0.25) is 14.4 Å². The number of tetrazole rings is 1. The summed E-state index contributed by atoms with van der Waals surface area (Å²) >= 11 is 0. The number of fused-ring (bicyclic) bond motifs is 1. The van der Waals surface area contributed by atoms with Crippen molar-refractivity contribution in [2.75, 3.05) is 20.2 Å². The fraction of sp³-hybridized carbons (Fsp3) is 0.714. The van der Waals surface area contributed by atoms with Crippen molar-refractivity contribution in [3.63, 3.8) is 0 Å². The van der Waals surface area contributed by atoms with E-state index in [1.807, 2.05) is 0 Å². The van der Waals surface area contributed by atoms with Crippen LogP contribution in [0.2, 0.25) is 0 Å². The van der Waals surface area contributed by atoms with Gasteiger partial charge in [-0.15, -0.1) is 5.10 Å². The van der Waals surface area contributed by atoms with Crippen LogP contribution in [0.25, 0.3) is 0 Å². The number of Topliss-reactive ketones (excluding diaryl/α,β-unsaturated/α-hetero) is 1. The van der Waals surface area contributed by atoms with Gasteiger partial charge in [-0.1, -0.05) is 0 Å². The van der Waals surface area contributed by atoms with E-state index in [0.717, 1.165) is 0 Å². The third-order valence-corrected chi connectivity index (χ3v) is 4.58. The Balaban J connectivity index is 1.65. The number of hydrogen-bond donors (Lipinski definition) is 0. The summed E-state index contributed by atoms with van der Waals surface area (Å²) < 4.78 is 6.51. The molecule has 1 aromatic rings. The molecule has 2 aliphatic heterocycles. The fourth-order valence-corrected chi connectivity index (χ4v) is 3.46. The first-order chi connectivity index (χ1) is 10.9. The van der Waals surface area contributed by atoms with Crippen molar-refractivity contribution in [2.24, 2.45) is 11.3 Å². The lowest BCUT2D eigenvalue weighted by atomic mass is 9.75. The first-order valence-corrected chi connectivity index (χ1v) is 7.57. The molecule has 1 fully saturated rings. The third kappa shape index (κ3) is 2.71. The highest BCUT2D eigenvalue weighted by Crippen LogP contribution is 2.37. The predicted molar refractivity (Wildman–Crippen MR) is 76.0 cm³/mol. The number of methoxy groups -OCH3 is 1. The van der Waals surface area contributed by atoms with Gasteiger partial charge in [0, 0.05) is 38.4 Å². The molecule has 9 nitrogen and oxygen atoms in total. The molecule has 3 heterocycles. The molecule has 2 aliphatic rings. The summed E-state index contributed by atoms with van der Waals surface area (Å²) in [6, 6.07) is 0. The molecular formula is C14H19N5O4. The van der Waals surface area contributed by atoms with Crippen molar-refractivity contribution in [2.45, 2.75) is 32.7 Å². The van der Waals surface area contributed by atoms with Gasteiger partial charge < -0.3 is 9.64 Å². The van der Waals surface area contributed by atoms with Crippen molar-refractivity contribution in [1.29, 1.82) is 0 Å². The molecule has 1 amide bonds. The van der Waals surface area contributed by atoms with Crippen LogP contribution in [0.5, 0.6) is 0 Å². The van der Waals surface area contributed by atoms with Crippen LogP contribution in [-0.4, -0.2) is 63.0 Å². The Labute approximate surface area is 133 Å². The molecule has 0 aliphatic carbocycles. The minimum atomic E-state index is -0.882. The molecule has 124 valence electrons. The Kier molecular flexibility index (Phi) is 3.87. The van der Waals surface area contributed by atoms with Crippen molar-refractivity contribution >= 4 is 17.7 Å². The van der Waals surface area contributed by atoms with Crippen LogP contribution in [0.3, 0.4) is 0 Å². The van der Waals surface area contributed by atoms with E-state index in [0.29, 0.717) is 25.2 Å². The summed E-state index contributed by atoms with van der Waals surface area (Å²) in [6.07, 6.45) is 1.28. The number of ether oxygens (including phenoxy) is 1. The van der Waals surface area contributed by atoms with E-state index in [1.54, 1.807) is 9.58 Å². The number of carbonyl (C=O) groups is 3. The van der Waals surface area contributed by atoms with Gasteiger partial charge in [0.15, 0.2) is 5.82 Å². The smallest absolute Gasteiger partial charge is 0.315 e. The van der Waals surface area contributed by atoms with E-state index in [2.05, 4.69) is 15.5 Å². The molecule has 0 saturated carbocycles. The second kappa shape index (κ2) is 5.71. The van der Waals surface area contributed by atoms with E-state index in [-0.39, 0.29) is 37.1 Å². The van der Waals surface area contributed by atoms with Crippen molar-refractivity contribution < 1.29 is 19.1 Å². The van der Waals surface area contributed by atoms with Crippen LogP contribution in [0.15, 0.2) is 0 Å². The lowest BCUT2D eigenvalue weighted by molar-refractivity contribution is -0.173. The number of rotatable bonds is 4. The average molecular weight is 321 g/mol. The predicted octanol–water partition coefficient (Wildman–Crippen LogP) is -0.784. The van der Waals surface area contributed by atoms with E-state index >= 15 is 0 Å². The molecule has 0 spiro atoms. The minimum Gasteiger partial charge on any atom is -0.468 e. The fourth-order valence-electron chi connectivity index (χ4n) is 3.46. The van der Waals surface area contributed by atoms with Crippen molar-refractivity contribution in [3.8, 4) is 0 Å². The number of ketones is 1. The van der Waals surface area contributed by atoms with Crippen molar-refractivity contribution in [1.82, 2.24) is 25.1 Å². The summed E-state index contributed by atoms with van der Waals surface area (Å²) in [6.45, 7) is 2.53. The molecular weight excluding hydrogens is 302 g/mol. The van der Waals surface area contributed by atoms with Gasteiger partial charge in [0.1, 0.15) is 11.2 Å². The lowest BCUT2D eigenvalue weighted by Crippen LogP contribution is -2.64. The molecule has 1 atom stereocenters. The van der Waals surface area contributed by atoms with Gasteiger partial charge in [-0.25, -0.2) is 4.68 Å². The molecule has 1 saturated heterocycles. The molecule has 0 radical (unpaired) electrons. The second-order valence-electron chi connectivity index (χ2n) is 6.35. The molecule has 0 bridgehead atoms. The quantitative estimate of drug-likeness (QED) is 0.669. The van der Waals surface area contributed by atoms with Gasteiger partial charge in [0.2, 0.25) is 5.91 Å². The molecule has 0 aromatic carbocycles. The number of aromatic nitrogens is 4. The van der Waals surface area contributed by atoms with Crippen LogP contribution in [0.1, 0.15) is 25.6 Å². The topological polar surface area (TPSA) is 107 Å². The van der Waals surface area contributed by atoms with Crippen LogP contribution < -0.4 is 0 Å². The summed E-state index contributed by atoms with van der Waals surface area (Å²) in [5.74, 6) is 0.00516. The van der Waals surface area contributed by atoms with Gasteiger partial charge in [-0.2, -0.15) is 0 Å². The largest absolute Gasteiger partial charge is 0.468 e. The number of likely N-dealkylation sites (tertiary alicyclic amines) is 1. The normalized spacial score (nSPS) is 22.0. The molecule has 1 unspecified atom stereocenters. The Morgan fingerprint density at radius 1 is 1.35 bits per heavy atom. The molecule has 1 aromatic heterocycles. The summed E-state index contributed by atoms with van der Waals surface area (Å²) in [5.41, 5.74) is -0.882. The number of carbonyl (C=O) groups excluding carboxylic acids is 3. The van der Waals surface area contributed by atoms with Crippen LogP contribution in [0.4, 0.5) is 0 Å². The molecule has 0 N–H and O–H groups in total. The van der Waals surface area contributed by atoms with Crippen LogP contribution >= 0.6 is 0 Å². The van der Waals surface area contributed by atoms with Gasteiger partial charge in [-0.05, 0) is 23.8 Å². The number of hydrogen-bond acceptors (Lipinski definition) is 7. The highest BCUT2D eigenvalue weighted by Gasteiger charge is 2.53. The summed E-state index contributed by atoms with van der Waals surface area (Å²) in [7, 11) is 1.30. The highest BCUT2D eigenvalue weighted by atomic mass is 16.5. The van der Waals surface area contributed by atoms with E-state index < -0.39 is 11.4 Å². The Morgan fingerprint density at radius 3 is 2.74 bits per heavy atom. The monoisotopic (exact) mass is 321 g/mol. The van der Waals surface area contributed by atoms with E-state index in [4.69, 9.17) is 4.74 Å². The number of aryl methyl sites for hydroxylation is 1. The summed E-state index contributed by atoms with van der Waals surface area (Å²) in [4.78, 5) is 37.6. The Bertz CT molecular complexity index is 649. The average Bonchev–Trinajstić information content (AvgIpc) is 2.96. The molecule has 9 heteroatoms. The number of amides is 1. The maximum Gasteiger partial charge on any atom is 0.315 e. The highest BCUT2D eigenvalue weighted by molar-refractivity contribution is 5.90. The van der Waals surface area contributed by atoms with E-state index in [9.17, 15) is 14.4 Å². The minimum absolute atomic E-state index is 0.0117. The van der Waals surface area contributed by atoms with Gasteiger partial charge in [0.05, 0.1) is 7.11 Å². The zero-order chi connectivity index (χ0) is 16.6. The zero-order valence-corrected chi connectivity index (χ0v) is 13.2. The Hall–Kier alpha value is -2.32. The zero-order valence-electron chi connectivity index (χ0n) is 13.2. The number of nitrogens with zero attached hydrogens (tertiary/aromatic N) is 5. The first-order valence-electron chi connectivity index (χ1n) is 7.57. The van der Waals surface area contributed by atoms with Gasteiger partial charge in [0.25, 0.3) is 0 Å². The second-order valence-corrected chi connectivity index (χ2v) is 6.35. The van der Waals surface area contributed by atoms with Gasteiger partial charge >= 0.3 is 5.97 Å². The van der Waals surface area contributed by atoms with Crippen LogP contribution in [0, 0.1) is 11.3 Å².